The van der Waals surface area contributed by atoms with E-state index in [2.05, 4.69) is 20.3 Å². The molecule has 1 unspecified atom stereocenters. The largest absolute Gasteiger partial charge is 0.435 e. The van der Waals surface area contributed by atoms with E-state index in [1.54, 1.807) is 12.1 Å². The SMILES string of the molecule is CCCc1nnc(NC(=O)C2CCC(=O)N2Cc2ccc(OC(F)F)cc2)s1. The zero-order valence-electron chi connectivity index (χ0n) is 15.2. The summed E-state index contributed by atoms with van der Waals surface area (Å²) in [6.45, 7) is -0.644. The molecule has 2 aromatic rings. The molecule has 0 radical (unpaired) electrons. The third-order valence-corrected chi connectivity index (χ3v) is 5.19. The van der Waals surface area contributed by atoms with Gasteiger partial charge in [0.1, 0.15) is 16.8 Å². The number of hydrogen-bond donors (Lipinski definition) is 1. The van der Waals surface area contributed by atoms with Crippen LogP contribution in [0.4, 0.5) is 13.9 Å². The van der Waals surface area contributed by atoms with Crippen LogP contribution in [-0.4, -0.2) is 39.6 Å². The highest BCUT2D eigenvalue weighted by Gasteiger charge is 2.36. The third-order valence-electron chi connectivity index (χ3n) is 4.29. The van der Waals surface area contributed by atoms with Gasteiger partial charge in [-0.2, -0.15) is 8.78 Å². The smallest absolute Gasteiger partial charge is 0.387 e. The fraction of sp³-hybridized carbons (Fsp3) is 0.444. The van der Waals surface area contributed by atoms with E-state index in [0.717, 1.165) is 23.4 Å². The number of likely N-dealkylation sites (tertiary alicyclic amines) is 1. The quantitative estimate of drug-likeness (QED) is 0.722. The van der Waals surface area contributed by atoms with E-state index < -0.39 is 12.7 Å². The predicted molar refractivity (Wildman–Crippen MR) is 99.2 cm³/mol. The number of hydrogen-bond acceptors (Lipinski definition) is 6. The molecule has 0 bridgehead atoms. The summed E-state index contributed by atoms with van der Waals surface area (Å²) in [5, 5.41) is 12.0. The maximum atomic E-state index is 12.6. The number of nitrogens with one attached hydrogen (secondary N) is 1. The van der Waals surface area contributed by atoms with Crippen molar-refractivity contribution in [3.63, 3.8) is 0 Å². The fourth-order valence-electron chi connectivity index (χ4n) is 2.99. The molecule has 1 fully saturated rings. The molecule has 0 spiro atoms. The Labute approximate surface area is 164 Å². The Morgan fingerprint density at radius 3 is 2.79 bits per heavy atom. The molecule has 0 aliphatic carbocycles. The molecule has 1 aliphatic heterocycles. The number of nitrogens with zero attached hydrogens (tertiary/aromatic N) is 3. The number of carbonyl (C=O) groups excluding carboxylic acids is 2. The molecule has 10 heteroatoms. The standard InChI is InChI=1S/C18H20F2N4O3S/c1-2-3-14-22-23-18(28-14)21-16(26)13-8-9-15(25)24(13)10-11-4-6-12(7-5-11)27-17(19)20/h4-7,13,17H,2-3,8-10H2,1H3,(H,21,23,26). The van der Waals surface area contributed by atoms with E-state index in [0.29, 0.717) is 11.6 Å². The number of anilines is 1. The average molecular weight is 410 g/mol. The molecular formula is C18H20F2N4O3S. The zero-order valence-corrected chi connectivity index (χ0v) is 16.0. The number of benzene rings is 1. The van der Waals surface area contributed by atoms with Crippen LogP contribution in [0, 0.1) is 0 Å². The molecule has 28 heavy (non-hydrogen) atoms. The molecule has 2 heterocycles. The molecule has 7 nitrogen and oxygen atoms in total. The van der Waals surface area contributed by atoms with E-state index in [1.165, 1.54) is 28.4 Å². The lowest BCUT2D eigenvalue weighted by Crippen LogP contribution is -2.41. The van der Waals surface area contributed by atoms with Gasteiger partial charge in [-0.25, -0.2) is 0 Å². The van der Waals surface area contributed by atoms with Crippen molar-refractivity contribution in [1.29, 1.82) is 0 Å². The Kier molecular flexibility index (Phi) is 6.50. The van der Waals surface area contributed by atoms with Gasteiger partial charge in [0.05, 0.1) is 0 Å². The summed E-state index contributed by atoms with van der Waals surface area (Å²) in [5.41, 5.74) is 0.718. The summed E-state index contributed by atoms with van der Waals surface area (Å²) in [6.07, 6.45) is 2.43. The van der Waals surface area contributed by atoms with Crippen molar-refractivity contribution in [1.82, 2.24) is 15.1 Å². The number of rotatable bonds is 8. The first-order chi connectivity index (χ1) is 13.5. The van der Waals surface area contributed by atoms with E-state index in [4.69, 9.17) is 0 Å². The molecule has 2 amide bonds. The van der Waals surface area contributed by atoms with Gasteiger partial charge < -0.3 is 9.64 Å². The van der Waals surface area contributed by atoms with Crippen LogP contribution in [0.15, 0.2) is 24.3 Å². The van der Waals surface area contributed by atoms with Gasteiger partial charge in [0.25, 0.3) is 0 Å². The summed E-state index contributed by atoms with van der Waals surface area (Å²) in [6, 6.07) is 5.41. The molecule has 1 atom stereocenters. The molecule has 0 saturated carbocycles. The number of halogens is 2. The van der Waals surface area contributed by atoms with Gasteiger partial charge >= 0.3 is 6.61 Å². The number of alkyl halides is 2. The van der Waals surface area contributed by atoms with Crippen molar-refractivity contribution in [2.45, 2.75) is 51.8 Å². The van der Waals surface area contributed by atoms with Crippen LogP contribution in [0.1, 0.15) is 36.8 Å². The van der Waals surface area contributed by atoms with Crippen LogP contribution >= 0.6 is 11.3 Å². The van der Waals surface area contributed by atoms with Crippen LogP contribution in [-0.2, 0) is 22.6 Å². The summed E-state index contributed by atoms with van der Waals surface area (Å²) in [5.74, 6) is -0.389. The van der Waals surface area contributed by atoms with Crippen LogP contribution in [0.5, 0.6) is 5.75 Å². The van der Waals surface area contributed by atoms with Crippen LogP contribution in [0.2, 0.25) is 0 Å². The highest BCUT2D eigenvalue weighted by atomic mass is 32.1. The lowest BCUT2D eigenvalue weighted by Gasteiger charge is -2.23. The normalized spacial score (nSPS) is 16.6. The Morgan fingerprint density at radius 1 is 1.36 bits per heavy atom. The van der Waals surface area contributed by atoms with E-state index in [-0.39, 0.29) is 30.5 Å². The average Bonchev–Trinajstić information content (AvgIpc) is 3.23. The van der Waals surface area contributed by atoms with Crippen LogP contribution in [0.25, 0.3) is 0 Å². The molecular weight excluding hydrogens is 390 g/mol. The monoisotopic (exact) mass is 410 g/mol. The minimum absolute atomic E-state index is 0.0416. The van der Waals surface area contributed by atoms with Crippen molar-refractivity contribution in [2.24, 2.45) is 0 Å². The summed E-state index contributed by atoms with van der Waals surface area (Å²) < 4.78 is 28.8. The van der Waals surface area contributed by atoms with Crippen molar-refractivity contribution in [3.8, 4) is 5.75 Å². The van der Waals surface area contributed by atoms with Crippen molar-refractivity contribution < 1.29 is 23.1 Å². The van der Waals surface area contributed by atoms with E-state index >= 15 is 0 Å². The first kappa shape index (κ1) is 20.1. The Hall–Kier alpha value is -2.62. The Morgan fingerprint density at radius 2 is 2.11 bits per heavy atom. The first-order valence-electron chi connectivity index (χ1n) is 8.92. The van der Waals surface area contributed by atoms with Gasteiger partial charge in [0, 0.05) is 19.4 Å². The molecule has 1 aromatic carbocycles. The summed E-state index contributed by atoms with van der Waals surface area (Å²) in [4.78, 5) is 26.4. The van der Waals surface area contributed by atoms with Gasteiger partial charge in [0.15, 0.2) is 0 Å². The maximum absolute atomic E-state index is 12.6. The van der Waals surface area contributed by atoms with Crippen LogP contribution < -0.4 is 10.1 Å². The molecule has 1 N–H and O–H groups in total. The highest BCUT2D eigenvalue weighted by molar-refractivity contribution is 7.15. The Balaban J connectivity index is 1.64. The van der Waals surface area contributed by atoms with Crippen LogP contribution in [0.3, 0.4) is 0 Å². The second-order valence-corrected chi connectivity index (χ2v) is 7.40. The van der Waals surface area contributed by atoms with E-state index in [1.807, 2.05) is 6.92 Å². The minimum atomic E-state index is -2.89. The predicted octanol–water partition coefficient (Wildman–Crippen LogP) is 3.22. The molecule has 1 saturated heterocycles. The lowest BCUT2D eigenvalue weighted by atomic mass is 10.1. The van der Waals surface area contributed by atoms with E-state index in [9.17, 15) is 18.4 Å². The summed E-state index contributed by atoms with van der Waals surface area (Å²) >= 11 is 1.32. The van der Waals surface area contributed by atoms with Gasteiger partial charge in [-0.15, -0.1) is 10.2 Å². The minimum Gasteiger partial charge on any atom is -0.435 e. The molecule has 3 rings (SSSR count). The molecule has 150 valence electrons. The van der Waals surface area contributed by atoms with Gasteiger partial charge in [-0.1, -0.05) is 30.4 Å². The maximum Gasteiger partial charge on any atom is 0.387 e. The molecule has 1 aliphatic rings. The molecule has 1 aromatic heterocycles. The van der Waals surface area contributed by atoms with Gasteiger partial charge in [-0.05, 0) is 30.5 Å². The Bertz CT molecular complexity index is 828. The van der Waals surface area contributed by atoms with Crippen molar-refractivity contribution in [3.05, 3.63) is 34.8 Å². The topological polar surface area (TPSA) is 84.4 Å². The highest BCUT2D eigenvalue weighted by Crippen LogP contribution is 2.25. The van der Waals surface area contributed by atoms with Gasteiger partial charge in [0.2, 0.25) is 16.9 Å². The summed E-state index contributed by atoms with van der Waals surface area (Å²) in [7, 11) is 0. The second-order valence-electron chi connectivity index (χ2n) is 6.34. The number of ether oxygens (including phenoxy) is 1. The first-order valence-corrected chi connectivity index (χ1v) is 9.74. The van der Waals surface area contributed by atoms with Crippen molar-refractivity contribution in [2.75, 3.05) is 5.32 Å². The third kappa shape index (κ3) is 5.00. The van der Waals surface area contributed by atoms with Crippen molar-refractivity contribution >= 4 is 28.3 Å². The number of aryl methyl sites for hydroxylation is 1. The zero-order chi connectivity index (χ0) is 20.1. The second kappa shape index (κ2) is 9.05. The number of aromatic nitrogens is 2. The fourth-order valence-corrected chi connectivity index (χ4v) is 3.83. The van der Waals surface area contributed by atoms with Gasteiger partial charge in [-0.3, -0.25) is 14.9 Å². The number of carbonyl (C=O) groups is 2. The number of amides is 2. The lowest BCUT2D eigenvalue weighted by molar-refractivity contribution is -0.133.